The zero-order valence-corrected chi connectivity index (χ0v) is 20.6. The van der Waals surface area contributed by atoms with Crippen LogP contribution in [0.2, 0.25) is 0 Å². The number of halogens is 2. The zero-order valence-electron chi connectivity index (χ0n) is 20.6. The summed E-state index contributed by atoms with van der Waals surface area (Å²) in [4.78, 5) is 38.9. The number of hydrogen-bond acceptors (Lipinski definition) is 3. The molecular formula is C28H33F2N3O3. The maximum absolute atomic E-state index is 14.7. The Morgan fingerprint density at radius 1 is 0.889 bits per heavy atom. The van der Waals surface area contributed by atoms with E-state index in [1.165, 1.54) is 18.2 Å². The van der Waals surface area contributed by atoms with Crippen LogP contribution in [0.4, 0.5) is 8.78 Å². The molecule has 2 aromatic rings. The number of nitrogens with one attached hydrogen (secondary N) is 2. The first-order valence-electron chi connectivity index (χ1n) is 12.7. The number of likely N-dealkylation sites (tertiary alicyclic amines) is 1. The Kier molecular flexibility index (Phi) is 8.33. The maximum Gasteiger partial charge on any atom is 0.254 e. The van der Waals surface area contributed by atoms with Crippen molar-refractivity contribution in [2.45, 2.75) is 63.8 Å². The lowest BCUT2D eigenvalue weighted by molar-refractivity contribution is -0.132. The number of piperidine rings is 1. The lowest BCUT2D eigenvalue weighted by Gasteiger charge is -2.32. The van der Waals surface area contributed by atoms with Gasteiger partial charge in [0.25, 0.3) is 11.8 Å². The average Bonchev–Trinajstić information content (AvgIpc) is 3.37. The van der Waals surface area contributed by atoms with Gasteiger partial charge in [-0.2, -0.15) is 0 Å². The van der Waals surface area contributed by atoms with Crippen molar-refractivity contribution in [1.29, 1.82) is 0 Å². The quantitative estimate of drug-likeness (QED) is 0.593. The van der Waals surface area contributed by atoms with Gasteiger partial charge in [-0.3, -0.25) is 14.4 Å². The summed E-state index contributed by atoms with van der Waals surface area (Å²) >= 11 is 0. The molecule has 2 aromatic carbocycles. The van der Waals surface area contributed by atoms with Crippen molar-refractivity contribution in [3.8, 4) is 0 Å². The molecule has 3 amide bonds. The first-order chi connectivity index (χ1) is 17.3. The van der Waals surface area contributed by atoms with Crippen LogP contribution in [-0.4, -0.2) is 48.3 Å². The zero-order chi connectivity index (χ0) is 25.7. The molecule has 1 saturated heterocycles. The summed E-state index contributed by atoms with van der Waals surface area (Å²) in [6.45, 7) is 2.94. The first-order valence-corrected chi connectivity index (χ1v) is 12.7. The minimum atomic E-state index is -0.584. The summed E-state index contributed by atoms with van der Waals surface area (Å²) in [7, 11) is 0. The Morgan fingerprint density at radius 3 is 2.19 bits per heavy atom. The van der Waals surface area contributed by atoms with E-state index in [4.69, 9.17) is 0 Å². The topological polar surface area (TPSA) is 78.5 Å². The molecular weight excluding hydrogens is 464 g/mol. The Morgan fingerprint density at radius 2 is 1.53 bits per heavy atom. The molecule has 8 heteroatoms. The molecule has 4 rings (SSSR count). The van der Waals surface area contributed by atoms with Crippen molar-refractivity contribution in [3.05, 3.63) is 70.3 Å². The normalized spacial score (nSPS) is 16.7. The van der Waals surface area contributed by atoms with Gasteiger partial charge in [0, 0.05) is 32.1 Å². The maximum atomic E-state index is 14.7. The van der Waals surface area contributed by atoms with Gasteiger partial charge in [0.2, 0.25) is 5.91 Å². The third-order valence-corrected chi connectivity index (χ3v) is 7.24. The molecule has 1 heterocycles. The van der Waals surface area contributed by atoms with E-state index in [0.717, 1.165) is 36.8 Å². The summed E-state index contributed by atoms with van der Waals surface area (Å²) in [5.74, 6) is -1.96. The summed E-state index contributed by atoms with van der Waals surface area (Å²) in [6.07, 6.45) is 5.59. The molecule has 6 nitrogen and oxygen atoms in total. The number of hydrogen-bond donors (Lipinski definition) is 2. The standard InChI is InChI=1S/C28H33F2N3O3/c1-18-6-8-22(24(29)16-18)27(35)31-13-10-26(34)33-14-11-19(12-15-33)20-7-9-23(25(30)17-20)28(36)32-21-4-2-3-5-21/h6-9,16-17,19,21H,2-5,10-15H2,1H3,(H,31,35)(H,32,36). The van der Waals surface area contributed by atoms with E-state index in [1.807, 2.05) is 6.07 Å². The summed E-state index contributed by atoms with van der Waals surface area (Å²) in [6, 6.07) is 9.36. The second kappa shape index (κ2) is 11.6. The number of nitrogens with zero attached hydrogens (tertiary/aromatic N) is 1. The van der Waals surface area contributed by atoms with Gasteiger partial charge in [-0.05, 0) is 73.9 Å². The molecule has 192 valence electrons. The average molecular weight is 498 g/mol. The first kappa shape index (κ1) is 25.8. The fraction of sp³-hybridized carbons (Fsp3) is 0.464. The van der Waals surface area contributed by atoms with Crippen LogP contribution in [0.5, 0.6) is 0 Å². The molecule has 0 aromatic heterocycles. The van der Waals surface area contributed by atoms with Crippen LogP contribution in [0.3, 0.4) is 0 Å². The molecule has 2 aliphatic rings. The van der Waals surface area contributed by atoms with E-state index in [1.54, 1.807) is 24.0 Å². The van der Waals surface area contributed by atoms with Gasteiger partial charge >= 0.3 is 0 Å². The Bertz CT molecular complexity index is 1120. The minimum absolute atomic E-state index is 0.0388. The summed E-state index contributed by atoms with van der Waals surface area (Å²) < 4.78 is 28.7. The number of rotatable bonds is 7. The molecule has 0 spiro atoms. The number of carbonyl (C=O) groups is 3. The number of aryl methyl sites for hydroxylation is 1. The molecule has 2 N–H and O–H groups in total. The van der Waals surface area contributed by atoms with Crippen LogP contribution < -0.4 is 10.6 Å². The molecule has 0 unspecified atom stereocenters. The smallest absolute Gasteiger partial charge is 0.254 e. The predicted molar refractivity (Wildman–Crippen MR) is 133 cm³/mol. The molecule has 0 radical (unpaired) electrons. The molecule has 0 atom stereocenters. The predicted octanol–water partition coefficient (Wildman–Crippen LogP) is 4.47. The van der Waals surface area contributed by atoms with E-state index in [0.29, 0.717) is 25.9 Å². The van der Waals surface area contributed by atoms with Crippen molar-refractivity contribution in [2.24, 2.45) is 0 Å². The van der Waals surface area contributed by atoms with E-state index in [9.17, 15) is 23.2 Å². The van der Waals surface area contributed by atoms with E-state index in [2.05, 4.69) is 10.6 Å². The summed E-state index contributed by atoms with van der Waals surface area (Å²) in [5.41, 5.74) is 1.60. The Labute approximate surface area is 210 Å². The minimum Gasteiger partial charge on any atom is -0.351 e. The Hall–Kier alpha value is -3.29. The van der Waals surface area contributed by atoms with Gasteiger partial charge in [-0.15, -0.1) is 0 Å². The third kappa shape index (κ3) is 6.28. The lowest BCUT2D eigenvalue weighted by Crippen LogP contribution is -2.39. The molecule has 1 aliphatic heterocycles. The number of amides is 3. The van der Waals surface area contributed by atoms with Gasteiger partial charge in [0.15, 0.2) is 0 Å². The van der Waals surface area contributed by atoms with Crippen LogP contribution in [0.15, 0.2) is 36.4 Å². The van der Waals surface area contributed by atoms with Crippen molar-refractivity contribution >= 4 is 17.7 Å². The molecule has 1 saturated carbocycles. The second-order valence-corrected chi connectivity index (χ2v) is 9.84. The van der Waals surface area contributed by atoms with Gasteiger partial charge < -0.3 is 15.5 Å². The lowest BCUT2D eigenvalue weighted by atomic mass is 9.88. The highest BCUT2D eigenvalue weighted by molar-refractivity contribution is 5.95. The fourth-order valence-electron chi connectivity index (χ4n) is 5.11. The van der Waals surface area contributed by atoms with Crippen LogP contribution in [0.25, 0.3) is 0 Å². The van der Waals surface area contributed by atoms with Crippen LogP contribution >= 0.6 is 0 Å². The van der Waals surface area contributed by atoms with E-state index in [-0.39, 0.29) is 47.9 Å². The van der Waals surface area contributed by atoms with Crippen molar-refractivity contribution < 1.29 is 23.2 Å². The van der Waals surface area contributed by atoms with Gasteiger partial charge in [0.05, 0.1) is 11.1 Å². The monoisotopic (exact) mass is 497 g/mol. The third-order valence-electron chi connectivity index (χ3n) is 7.24. The van der Waals surface area contributed by atoms with Crippen LogP contribution in [0, 0.1) is 18.6 Å². The molecule has 36 heavy (non-hydrogen) atoms. The van der Waals surface area contributed by atoms with Crippen LogP contribution in [-0.2, 0) is 4.79 Å². The van der Waals surface area contributed by atoms with Crippen molar-refractivity contribution in [2.75, 3.05) is 19.6 Å². The van der Waals surface area contributed by atoms with Crippen LogP contribution in [0.1, 0.15) is 82.7 Å². The largest absolute Gasteiger partial charge is 0.351 e. The Balaban J connectivity index is 1.23. The second-order valence-electron chi connectivity index (χ2n) is 9.84. The summed E-state index contributed by atoms with van der Waals surface area (Å²) in [5, 5.41) is 5.53. The van der Waals surface area contributed by atoms with Crippen molar-refractivity contribution in [3.63, 3.8) is 0 Å². The molecule has 0 bridgehead atoms. The van der Waals surface area contributed by atoms with Gasteiger partial charge in [-0.25, -0.2) is 8.78 Å². The van der Waals surface area contributed by atoms with E-state index < -0.39 is 17.5 Å². The number of carbonyl (C=O) groups excluding carboxylic acids is 3. The highest BCUT2D eigenvalue weighted by Crippen LogP contribution is 2.29. The molecule has 1 aliphatic carbocycles. The fourth-order valence-corrected chi connectivity index (χ4v) is 5.11. The van der Waals surface area contributed by atoms with Crippen molar-refractivity contribution in [1.82, 2.24) is 15.5 Å². The highest BCUT2D eigenvalue weighted by Gasteiger charge is 2.26. The highest BCUT2D eigenvalue weighted by atomic mass is 19.1. The number of benzene rings is 2. The van der Waals surface area contributed by atoms with Gasteiger partial charge in [0.1, 0.15) is 11.6 Å². The molecule has 2 fully saturated rings. The van der Waals surface area contributed by atoms with E-state index >= 15 is 0 Å². The SMILES string of the molecule is Cc1ccc(C(=O)NCCC(=O)N2CCC(c3ccc(C(=O)NC4CCCC4)c(F)c3)CC2)c(F)c1. The van der Waals surface area contributed by atoms with Gasteiger partial charge in [-0.1, -0.05) is 25.0 Å².